The third kappa shape index (κ3) is 2.11. The molecule has 0 saturated heterocycles. The Kier molecular flexibility index (Phi) is 3.01. The van der Waals surface area contributed by atoms with Crippen LogP contribution < -0.4 is 4.74 Å². The molecule has 2 aromatic rings. The Labute approximate surface area is 112 Å². The van der Waals surface area contributed by atoms with Crippen LogP contribution in [-0.4, -0.2) is 16.9 Å². The van der Waals surface area contributed by atoms with Gasteiger partial charge in [-0.3, -0.25) is 0 Å². The van der Waals surface area contributed by atoms with Gasteiger partial charge in [0.15, 0.2) is 0 Å². The first kappa shape index (κ1) is 12.2. The monoisotopic (exact) mass is 260 g/mol. The topological polar surface area (TPSA) is 27.1 Å². The molecule has 1 aromatic carbocycles. The van der Waals surface area contributed by atoms with Gasteiger partial charge in [-0.1, -0.05) is 6.92 Å². The lowest BCUT2D eigenvalue weighted by Crippen LogP contribution is -2.05. The first-order valence-corrected chi connectivity index (χ1v) is 6.65. The summed E-state index contributed by atoms with van der Waals surface area (Å²) in [6, 6.07) is 4.76. The van der Waals surface area contributed by atoms with Gasteiger partial charge in [0.05, 0.1) is 19.0 Å². The van der Waals surface area contributed by atoms with Crippen molar-refractivity contribution in [3.63, 3.8) is 0 Å². The first-order chi connectivity index (χ1) is 9.24. The van der Waals surface area contributed by atoms with Crippen LogP contribution in [0.5, 0.6) is 5.75 Å². The number of ether oxygens (including phenoxy) is 1. The van der Waals surface area contributed by atoms with Crippen LogP contribution in [0.4, 0.5) is 4.39 Å². The molecule has 1 saturated carbocycles. The summed E-state index contributed by atoms with van der Waals surface area (Å²) in [7, 11) is 1.58. The predicted octanol–water partition coefficient (Wildman–Crippen LogP) is 3.46. The van der Waals surface area contributed by atoms with E-state index in [-0.39, 0.29) is 5.82 Å². The summed E-state index contributed by atoms with van der Waals surface area (Å²) in [5.74, 6) is 0.906. The Morgan fingerprint density at radius 3 is 2.84 bits per heavy atom. The van der Waals surface area contributed by atoms with Crippen molar-refractivity contribution in [2.45, 2.75) is 32.1 Å². The maximum Gasteiger partial charge on any atom is 0.149 e. The molecule has 19 heavy (non-hydrogen) atoms. The SMILES string of the molecule is CCc1cnn(-c2cc(OC)ccc2F)c1C1CC1. The average molecular weight is 260 g/mol. The van der Waals surface area contributed by atoms with Crippen molar-refractivity contribution < 1.29 is 9.13 Å². The van der Waals surface area contributed by atoms with Crippen molar-refractivity contribution in [3.05, 3.63) is 41.5 Å². The Morgan fingerprint density at radius 1 is 1.42 bits per heavy atom. The second kappa shape index (κ2) is 4.68. The third-order valence-electron chi connectivity index (χ3n) is 3.61. The molecule has 100 valence electrons. The van der Waals surface area contributed by atoms with Gasteiger partial charge in [-0.2, -0.15) is 5.10 Å². The second-order valence-corrected chi connectivity index (χ2v) is 4.91. The van der Waals surface area contributed by atoms with Crippen LogP contribution in [0, 0.1) is 5.82 Å². The number of hydrogen-bond donors (Lipinski definition) is 0. The molecule has 0 N–H and O–H groups in total. The Hall–Kier alpha value is -1.84. The van der Waals surface area contributed by atoms with E-state index in [1.165, 1.54) is 24.5 Å². The summed E-state index contributed by atoms with van der Waals surface area (Å²) in [6.07, 6.45) is 5.12. The maximum absolute atomic E-state index is 14.1. The fourth-order valence-corrected chi connectivity index (χ4v) is 2.43. The van der Waals surface area contributed by atoms with E-state index in [4.69, 9.17) is 4.74 Å². The van der Waals surface area contributed by atoms with Gasteiger partial charge < -0.3 is 4.74 Å². The van der Waals surface area contributed by atoms with Gasteiger partial charge in [0, 0.05) is 12.0 Å². The van der Waals surface area contributed by atoms with Gasteiger partial charge in [0.25, 0.3) is 0 Å². The van der Waals surface area contributed by atoms with Gasteiger partial charge >= 0.3 is 0 Å². The highest BCUT2D eigenvalue weighted by molar-refractivity contribution is 5.43. The molecule has 4 heteroatoms. The van der Waals surface area contributed by atoms with Crippen LogP contribution in [0.3, 0.4) is 0 Å². The predicted molar refractivity (Wildman–Crippen MR) is 71.4 cm³/mol. The van der Waals surface area contributed by atoms with Crippen LogP contribution in [-0.2, 0) is 6.42 Å². The number of methoxy groups -OCH3 is 1. The van der Waals surface area contributed by atoms with Crippen LogP contribution in [0.2, 0.25) is 0 Å². The van der Waals surface area contributed by atoms with Crippen LogP contribution in [0.15, 0.2) is 24.4 Å². The summed E-state index contributed by atoms with van der Waals surface area (Å²) < 4.78 is 21.0. The highest BCUT2D eigenvalue weighted by Crippen LogP contribution is 2.43. The largest absolute Gasteiger partial charge is 0.497 e. The van der Waals surface area contributed by atoms with Crippen molar-refractivity contribution in [2.24, 2.45) is 0 Å². The Bertz CT molecular complexity index is 602. The lowest BCUT2D eigenvalue weighted by molar-refractivity contribution is 0.413. The molecule has 3 rings (SSSR count). The van der Waals surface area contributed by atoms with E-state index >= 15 is 0 Å². The molecule has 0 atom stereocenters. The molecule has 0 bridgehead atoms. The lowest BCUT2D eigenvalue weighted by atomic mass is 10.1. The normalized spacial score (nSPS) is 14.7. The van der Waals surface area contributed by atoms with Crippen LogP contribution >= 0.6 is 0 Å². The molecular formula is C15H17FN2O. The summed E-state index contributed by atoms with van der Waals surface area (Å²) in [5, 5.41) is 4.38. The summed E-state index contributed by atoms with van der Waals surface area (Å²) in [6.45, 7) is 2.11. The first-order valence-electron chi connectivity index (χ1n) is 6.65. The number of aryl methyl sites for hydroxylation is 1. The summed E-state index contributed by atoms with van der Waals surface area (Å²) >= 11 is 0. The molecule has 0 amide bonds. The molecule has 1 aromatic heterocycles. The van der Waals surface area contributed by atoms with E-state index in [2.05, 4.69) is 12.0 Å². The molecule has 0 unspecified atom stereocenters. The Morgan fingerprint density at radius 2 is 2.21 bits per heavy atom. The molecule has 3 nitrogen and oxygen atoms in total. The number of rotatable bonds is 4. The number of benzene rings is 1. The van der Waals surface area contributed by atoms with Gasteiger partial charge in [0.2, 0.25) is 0 Å². The maximum atomic E-state index is 14.1. The summed E-state index contributed by atoms with van der Waals surface area (Å²) in [4.78, 5) is 0. The Balaban J connectivity index is 2.13. The van der Waals surface area contributed by atoms with Gasteiger partial charge in [0.1, 0.15) is 17.3 Å². The minimum atomic E-state index is -0.270. The van der Waals surface area contributed by atoms with E-state index in [9.17, 15) is 4.39 Å². The smallest absolute Gasteiger partial charge is 0.149 e. The molecule has 1 heterocycles. The summed E-state index contributed by atoms with van der Waals surface area (Å²) in [5.41, 5.74) is 2.85. The van der Waals surface area contributed by atoms with E-state index in [1.54, 1.807) is 23.9 Å². The highest BCUT2D eigenvalue weighted by atomic mass is 19.1. The quantitative estimate of drug-likeness (QED) is 0.841. The van der Waals surface area contributed by atoms with E-state index in [0.29, 0.717) is 17.4 Å². The molecule has 1 fully saturated rings. The zero-order valence-corrected chi connectivity index (χ0v) is 11.2. The van der Waals surface area contributed by atoms with E-state index in [0.717, 1.165) is 12.1 Å². The van der Waals surface area contributed by atoms with Gasteiger partial charge in [-0.25, -0.2) is 9.07 Å². The van der Waals surface area contributed by atoms with Crippen molar-refractivity contribution in [1.82, 2.24) is 9.78 Å². The molecule has 0 aliphatic heterocycles. The standard InChI is InChI=1S/C15H17FN2O/c1-3-10-9-17-18(15(10)11-4-5-11)14-8-12(19-2)6-7-13(14)16/h6-9,11H,3-5H2,1-2H3. The molecule has 1 aliphatic rings. The van der Waals surface area contributed by atoms with Crippen molar-refractivity contribution >= 4 is 0 Å². The number of nitrogens with zero attached hydrogens (tertiary/aromatic N) is 2. The highest BCUT2D eigenvalue weighted by Gasteiger charge is 2.30. The number of aromatic nitrogens is 2. The average Bonchev–Trinajstić information content (AvgIpc) is 3.19. The minimum absolute atomic E-state index is 0.270. The van der Waals surface area contributed by atoms with E-state index < -0.39 is 0 Å². The minimum Gasteiger partial charge on any atom is -0.497 e. The van der Waals surface area contributed by atoms with Gasteiger partial charge in [-0.05, 0) is 37.0 Å². The number of halogens is 1. The zero-order chi connectivity index (χ0) is 13.4. The fraction of sp³-hybridized carbons (Fsp3) is 0.400. The third-order valence-corrected chi connectivity index (χ3v) is 3.61. The molecule has 0 spiro atoms. The van der Waals surface area contributed by atoms with Crippen LogP contribution in [0.25, 0.3) is 5.69 Å². The molecular weight excluding hydrogens is 243 g/mol. The van der Waals surface area contributed by atoms with Crippen LogP contribution in [0.1, 0.15) is 36.9 Å². The molecule has 1 aliphatic carbocycles. The zero-order valence-electron chi connectivity index (χ0n) is 11.2. The van der Waals surface area contributed by atoms with Gasteiger partial charge in [-0.15, -0.1) is 0 Å². The second-order valence-electron chi connectivity index (χ2n) is 4.91. The van der Waals surface area contributed by atoms with Crippen molar-refractivity contribution in [1.29, 1.82) is 0 Å². The fourth-order valence-electron chi connectivity index (χ4n) is 2.43. The lowest BCUT2D eigenvalue weighted by Gasteiger charge is -2.10. The number of hydrogen-bond acceptors (Lipinski definition) is 2. The van der Waals surface area contributed by atoms with Crippen molar-refractivity contribution in [2.75, 3.05) is 7.11 Å². The molecule has 0 radical (unpaired) electrons. The van der Waals surface area contributed by atoms with E-state index in [1.807, 2.05) is 6.20 Å². The van der Waals surface area contributed by atoms with Crippen molar-refractivity contribution in [3.8, 4) is 11.4 Å².